The molecule has 6 nitrogen and oxygen atoms in total. The van der Waals surface area contributed by atoms with Crippen molar-refractivity contribution in [3.05, 3.63) is 16.5 Å². The molecule has 0 saturated carbocycles. The molecule has 0 aliphatic carbocycles. The third-order valence-electron chi connectivity index (χ3n) is 1.69. The van der Waals surface area contributed by atoms with E-state index in [1.54, 1.807) is 19.2 Å². The van der Waals surface area contributed by atoms with Crippen LogP contribution in [0.15, 0.2) is 5.38 Å². The Morgan fingerprint density at radius 3 is 2.75 bits per heavy atom. The predicted molar refractivity (Wildman–Crippen MR) is 61.7 cm³/mol. The first kappa shape index (κ1) is 12.9. The maximum absolute atomic E-state index is 11.5. The van der Waals surface area contributed by atoms with Gasteiger partial charge in [-0.15, -0.1) is 11.3 Å². The van der Waals surface area contributed by atoms with Gasteiger partial charge >= 0.3 is 5.97 Å². The summed E-state index contributed by atoms with van der Waals surface area (Å²) < 4.78 is 28.6. The zero-order valence-corrected chi connectivity index (χ0v) is 10.4. The van der Waals surface area contributed by atoms with E-state index in [-0.39, 0.29) is 17.2 Å². The SMILES string of the molecule is CCOC(=O)c1c(C)csc1NS(N)(=O)=O. The van der Waals surface area contributed by atoms with Crippen LogP contribution in [-0.4, -0.2) is 21.0 Å². The molecule has 0 amide bonds. The number of aryl methyl sites for hydroxylation is 1. The lowest BCUT2D eigenvalue weighted by Crippen LogP contribution is -2.22. The van der Waals surface area contributed by atoms with Crippen molar-refractivity contribution in [3.8, 4) is 0 Å². The monoisotopic (exact) mass is 264 g/mol. The van der Waals surface area contributed by atoms with E-state index in [1.165, 1.54) is 0 Å². The summed E-state index contributed by atoms with van der Waals surface area (Å²) in [5, 5.41) is 6.67. The fourth-order valence-corrected chi connectivity index (χ4v) is 2.78. The molecular weight excluding hydrogens is 252 g/mol. The lowest BCUT2D eigenvalue weighted by Gasteiger charge is -2.05. The van der Waals surface area contributed by atoms with E-state index in [0.29, 0.717) is 5.56 Å². The largest absolute Gasteiger partial charge is 0.462 e. The number of nitrogens with one attached hydrogen (secondary N) is 1. The molecule has 1 aromatic heterocycles. The number of carbonyl (C=O) groups is 1. The number of esters is 1. The summed E-state index contributed by atoms with van der Waals surface area (Å²) in [6, 6.07) is 0. The molecule has 0 fully saturated rings. The first-order valence-corrected chi connectivity index (χ1v) is 6.83. The van der Waals surface area contributed by atoms with Crippen molar-refractivity contribution in [1.82, 2.24) is 0 Å². The molecule has 0 unspecified atom stereocenters. The zero-order chi connectivity index (χ0) is 12.3. The first-order chi connectivity index (χ1) is 7.35. The average Bonchev–Trinajstić information content (AvgIpc) is 2.44. The van der Waals surface area contributed by atoms with Crippen LogP contribution in [0.5, 0.6) is 0 Å². The smallest absolute Gasteiger partial charge is 0.341 e. The maximum atomic E-state index is 11.5. The van der Waals surface area contributed by atoms with Crippen LogP contribution in [0, 0.1) is 6.92 Å². The molecule has 0 aromatic carbocycles. The highest BCUT2D eigenvalue weighted by atomic mass is 32.2. The predicted octanol–water partition coefficient (Wildman–Crippen LogP) is 0.849. The minimum absolute atomic E-state index is 0.179. The van der Waals surface area contributed by atoms with Crippen LogP contribution >= 0.6 is 11.3 Å². The Labute approximate surface area is 97.6 Å². The second-order valence-electron chi connectivity index (χ2n) is 2.99. The third-order valence-corrected chi connectivity index (χ3v) is 3.32. The summed E-state index contributed by atoms with van der Waals surface area (Å²) in [5.41, 5.74) is 0.857. The van der Waals surface area contributed by atoms with Gasteiger partial charge in [-0.25, -0.2) is 9.93 Å². The number of carbonyl (C=O) groups excluding carboxylic acids is 1. The molecule has 0 bridgehead atoms. The molecule has 0 atom stereocenters. The Morgan fingerprint density at radius 1 is 1.62 bits per heavy atom. The number of thiophene rings is 1. The van der Waals surface area contributed by atoms with Crippen molar-refractivity contribution in [2.75, 3.05) is 11.3 Å². The molecular formula is C8H12N2O4S2. The minimum Gasteiger partial charge on any atom is -0.462 e. The lowest BCUT2D eigenvalue weighted by molar-refractivity contribution is 0.0527. The highest BCUT2D eigenvalue weighted by Gasteiger charge is 2.19. The van der Waals surface area contributed by atoms with Crippen molar-refractivity contribution in [2.24, 2.45) is 5.14 Å². The number of nitrogens with two attached hydrogens (primary N) is 1. The second kappa shape index (κ2) is 4.81. The fourth-order valence-electron chi connectivity index (χ4n) is 1.11. The van der Waals surface area contributed by atoms with Crippen molar-refractivity contribution >= 4 is 32.5 Å². The third kappa shape index (κ3) is 3.19. The summed E-state index contributed by atoms with van der Waals surface area (Å²) in [7, 11) is -3.88. The van der Waals surface area contributed by atoms with Crippen molar-refractivity contribution in [3.63, 3.8) is 0 Å². The molecule has 1 rings (SSSR count). The molecule has 0 saturated heterocycles. The van der Waals surface area contributed by atoms with Crippen LogP contribution < -0.4 is 9.86 Å². The molecule has 0 spiro atoms. The Balaban J connectivity index is 3.08. The normalized spacial score (nSPS) is 11.2. The van der Waals surface area contributed by atoms with E-state index in [2.05, 4.69) is 4.72 Å². The van der Waals surface area contributed by atoms with Crippen molar-refractivity contribution in [1.29, 1.82) is 0 Å². The number of ether oxygens (including phenoxy) is 1. The summed E-state index contributed by atoms with van der Waals surface area (Å²) in [6.07, 6.45) is 0. The highest BCUT2D eigenvalue weighted by Crippen LogP contribution is 2.28. The fraction of sp³-hybridized carbons (Fsp3) is 0.375. The summed E-state index contributed by atoms with van der Waals surface area (Å²) in [6.45, 7) is 3.59. The van der Waals surface area contributed by atoms with Crippen LogP contribution in [0.2, 0.25) is 0 Å². The molecule has 90 valence electrons. The van der Waals surface area contributed by atoms with Gasteiger partial charge in [0.15, 0.2) is 0 Å². The average molecular weight is 264 g/mol. The van der Waals surface area contributed by atoms with Gasteiger partial charge in [0.25, 0.3) is 10.2 Å². The van der Waals surface area contributed by atoms with E-state index < -0.39 is 16.2 Å². The molecule has 16 heavy (non-hydrogen) atoms. The van der Waals surface area contributed by atoms with Gasteiger partial charge in [-0.05, 0) is 24.8 Å². The number of hydrogen-bond donors (Lipinski definition) is 2. The highest BCUT2D eigenvalue weighted by molar-refractivity contribution is 7.90. The van der Waals surface area contributed by atoms with Gasteiger partial charge in [-0.2, -0.15) is 8.42 Å². The second-order valence-corrected chi connectivity index (χ2v) is 5.16. The molecule has 8 heteroatoms. The van der Waals surface area contributed by atoms with Gasteiger partial charge in [0.2, 0.25) is 0 Å². The van der Waals surface area contributed by atoms with E-state index >= 15 is 0 Å². The number of anilines is 1. The minimum atomic E-state index is -3.88. The van der Waals surface area contributed by atoms with E-state index in [0.717, 1.165) is 11.3 Å². The summed E-state index contributed by atoms with van der Waals surface area (Å²) in [5.74, 6) is -0.563. The molecule has 0 radical (unpaired) electrons. The zero-order valence-electron chi connectivity index (χ0n) is 8.81. The molecule has 0 aliphatic heterocycles. The van der Waals surface area contributed by atoms with Gasteiger partial charge < -0.3 is 4.74 Å². The lowest BCUT2D eigenvalue weighted by atomic mass is 10.2. The topological polar surface area (TPSA) is 98.5 Å². The van der Waals surface area contributed by atoms with E-state index in [4.69, 9.17) is 9.88 Å². The van der Waals surface area contributed by atoms with Crippen LogP contribution in [0.25, 0.3) is 0 Å². The van der Waals surface area contributed by atoms with Gasteiger partial charge in [0, 0.05) is 0 Å². The van der Waals surface area contributed by atoms with Gasteiger partial charge in [0.1, 0.15) is 5.00 Å². The van der Waals surface area contributed by atoms with E-state index in [1.807, 2.05) is 0 Å². The van der Waals surface area contributed by atoms with Crippen LogP contribution in [-0.2, 0) is 14.9 Å². The standard InChI is InChI=1S/C8H12N2O4S2/c1-3-14-8(11)6-5(2)4-15-7(6)10-16(9,12)13/h4,10H,3H2,1-2H3,(H2,9,12,13). The quantitative estimate of drug-likeness (QED) is 0.787. The van der Waals surface area contributed by atoms with Crippen molar-refractivity contribution < 1.29 is 17.9 Å². The van der Waals surface area contributed by atoms with Crippen LogP contribution in [0.3, 0.4) is 0 Å². The van der Waals surface area contributed by atoms with Gasteiger partial charge in [-0.3, -0.25) is 4.72 Å². The maximum Gasteiger partial charge on any atom is 0.341 e. The number of hydrogen-bond acceptors (Lipinski definition) is 5. The van der Waals surface area contributed by atoms with Crippen LogP contribution in [0.1, 0.15) is 22.8 Å². The van der Waals surface area contributed by atoms with Crippen molar-refractivity contribution in [2.45, 2.75) is 13.8 Å². The Morgan fingerprint density at radius 2 is 2.25 bits per heavy atom. The summed E-state index contributed by atoms with van der Waals surface area (Å²) >= 11 is 1.09. The molecule has 0 aliphatic rings. The molecule has 1 heterocycles. The Kier molecular flexibility index (Phi) is 3.89. The number of rotatable bonds is 4. The van der Waals surface area contributed by atoms with Gasteiger partial charge in [-0.1, -0.05) is 0 Å². The van der Waals surface area contributed by atoms with E-state index in [9.17, 15) is 13.2 Å². The first-order valence-electron chi connectivity index (χ1n) is 4.41. The summed E-state index contributed by atoms with van der Waals surface area (Å²) in [4.78, 5) is 11.5. The van der Waals surface area contributed by atoms with Crippen LogP contribution in [0.4, 0.5) is 5.00 Å². The molecule has 1 aromatic rings. The molecule has 3 N–H and O–H groups in total. The Hall–Kier alpha value is -1.12. The Bertz CT molecular complexity index is 492. The van der Waals surface area contributed by atoms with Gasteiger partial charge in [0.05, 0.1) is 12.2 Å².